The quantitative estimate of drug-likeness (QED) is 0.630. The molecule has 8 nitrogen and oxygen atoms in total. The standard InChI is InChI=1S/C24H36N6O2S/c1-24(2)4-3-16-18(24)17-19-20(33-23(17)27-22(16)29-9-13-32-14-10-29)21(25)26-15-30(19)6-5-28-7-11-31-12-8-28/h15,17,19-20,22,25H,3-14H2,1-2H3. The predicted molar refractivity (Wildman–Crippen MR) is 132 cm³/mol. The van der Waals surface area contributed by atoms with Crippen LogP contribution in [0.25, 0.3) is 0 Å². The summed E-state index contributed by atoms with van der Waals surface area (Å²) in [6, 6.07) is 0.243. The fraction of sp³-hybridized carbons (Fsp3) is 0.792. The van der Waals surface area contributed by atoms with Gasteiger partial charge in [-0.1, -0.05) is 31.2 Å². The first-order valence-electron chi connectivity index (χ1n) is 12.5. The summed E-state index contributed by atoms with van der Waals surface area (Å²) >= 11 is 1.81. The Bertz CT molecular complexity index is 889. The average molecular weight is 473 g/mol. The minimum absolute atomic E-state index is 0.0667. The number of amidine groups is 1. The SMILES string of the molecule is CC1(C)CCC2=C1C1C(=NC2N2CCOCC2)SC2C(=N)N=CN(CCN3CCOCC3)C21. The molecule has 180 valence electrons. The Kier molecular flexibility index (Phi) is 5.89. The third-order valence-corrected chi connectivity index (χ3v) is 9.66. The van der Waals surface area contributed by atoms with Gasteiger partial charge in [0.25, 0.3) is 0 Å². The fourth-order valence-electron chi connectivity index (χ4n) is 6.52. The molecule has 1 N–H and O–H groups in total. The molecular formula is C24H36N6O2S. The van der Waals surface area contributed by atoms with Crippen LogP contribution in [0.4, 0.5) is 0 Å². The molecular weight excluding hydrogens is 436 g/mol. The van der Waals surface area contributed by atoms with Crippen LogP contribution in [0.1, 0.15) is 26.7 Å². The van der Waals surface area contributed by atoms with Crippen molar-refractivity contribution in [1.29, 1.82) is 5.41 Å². The van der Waals surface area contributed by atoms with Gasteiger partial charge in [0.15, 0.2) is 0 Å². The molecule has 0 spiro atoms. The van der Waals surface area contributed by atoms with Gasteiger partial charge in [-0.25, -0.2) is 4.99 Å². The van der Waals surface area contributed by atoms with Crippen molar-refractivity contribution in [3.05, 3.63) is 11.1 Å². The van der Waals surface area contributed by atoms with Crippen LogP contribution in [-0.2, 0) is 9.47 Å². The van der Waals surface area contributed by atoms with E-state index in [1.54, 1.807) is 11.1 Å². The van der Waals surface area contributed by atoms with Crippen LogP contribution in [-0.4, -0.2) is 115 Å². The second-order valence-corrected chi connectivity index (χ2v) is 11.8. The maximum absolute atomic E-state index is 8.65. The monoisotopic (exact) mass is 472 g/mol. The number of fused-ring (bicyclic) bond motifs is 4. The van der Waals surface area contributed by atoms with Crippen LogP contribution in [0.3, 0.4) is 0 Å². The zero-order chi connectivity index (χ0) is 22.6. The maximum Gasteiger partial charge on any atom is 0.137 e. The summed E-state index contributed by atoms with van der Waals surface area (Å²) in [5.41, 5.74) is 3.34. The van der Waals surface area contributed by atoms with Crippen LogP contribution in [0.2, 0.25) is 0 Å². The highest BCUT2D eigenvalue weighted by Gasteiger charge is 2.56. The molecule has 0 bridgehead atoms. The molecule has 4 unspecified atom stereocenters. The van der Waals surface area contributed by atoms with Crippen molar-refractivity contribution in [2.45, 2.75) is 44.1 Å². The van der Waals surface area contributed by atoms with Crippen molar-refractivity contribution in [2.24, 2.45) is 21.3 Å². The number of aliphatic imine (C=N–C) groups is 2. The number of rotatable bonds is 4. The molecule has 0 amide bonds. The van der Waals surface area contributed by atoms with Crippen molar-refractivity contribution in [3.63, 3.8) is 0 Å². The van der Waals surface area contributed by atoms with E-state index >= 15 is 0 Å². The van der Waals surface area contributed by atoms with Gasteiger partial charge in [0.05, 0.1) is 55.0 Å². The highest BCUT2D eigenvalue weighted by molar-refractivity contribution is 8.15. The van der Waals surface area contributed by atoms with Gasteiger partial charge in [0.2, 0.25) is 0 Å². The molecule has 6 aliphatic rings. The average Bonchev–Trinajstić information content (AvgIpc) is 3.37. The molecule has 0 saturated carbocycles. The summed E-state index contributed by atoms with van der Waals surface area (Å²) in [5.74, 6) is 0.798. The molecule has 5 heterocycles. The summed E-state index contributed by atoms with van der Waals surface area (Å²) in [6.07, 6.45) is 4.43. The Morgan fingerprint density at radius 3 is 2.58 bits per heavy atom. The lowest BCUT2D eigenvalue weighted by Gasteiger charge is -2.43. The summed E-state index contributed by atoms with van der Waals surface area (Å²) in [6.45, 7) is 14.0. The fourth-order valence-corrected chi connectivity index (χ4v) is 7.97. The molecule has 33 heavy (non-hydrogen) atoms. The van der Waals surface area contributed by atoms with Crippen LogP contribution in [0.5, 0.6) is 0 Å². The number of nitrogens with one attached hydrogen (secondary N) is 1. The number of dihydropyridines is 1. The predicted octanol–water partition coefficient (Wildman–Crippen LogP) is 1.93. The Morgan fingerprint density at radius 1 is 1.09 bits per heavy atom. The molecule has 0 radical (unpaired) electrons. The number of ether oxygens (including phenoxy) is 2. The molecule has 3 fully saturated rings. The minimum Gasteiger partial charge on any atom is -0.379 e. The van der Waals surface area contributed by atoms with Crippen LogP contribution in [0, 0.1) is 16.7 Å². The molecule has 5 aliphatic heterocycles. The van der Waals surface area contributed by atoms with E-state index in [0.29, 0.717) is 11.8 Å². The number of hydrogen-bond acceptors (Lipinski definition) is 8. The third-order valence-electron chi connectivity index (χ3n) is 8.30. The van der Waals surface area contributed by atoms with Crippen molar-refractivity contribution in [3.8, 4) is 0 Å². The summed E-state index contributed by atoms with van der Waals surface area (Å²) < 4.78 is 11.2. The largest absolute Gasteiger partial charge is 0.379 e. The van der Waals surface area contributed by atoms with Crippen molar-refractivity contribution >= 4 is 29.0 Å². The van der Waals surface area contributed by atoms with E-state index in [0.717, 1.165) is 72.1 Å². The van der Waals surface area contributed by atoms with Gasteiger partial charge >= 0.3 is 0 Å². The highest BCUT2D eigenvalue weighted by Crippen LogP contribution is 2.56. The summed E-state index contributed by atoms with van der Waals surface area (Å²) in [4.78, 5) is 17.4. The summed E-state index contributed by atoms with van der Waals surface area (Å²) in [5, 5.41) is 9.95. The Labute approximate surface area is 201 Å². The first kappa shape index (κ1) is 22.2. The lowest BCUT2D eigenvalue weighted by molar-refractivity contribution is 0.0240. The van der Waals surface area contributed by atoms with E-state index in [4.69, 9.17) is 19.9 Å². The molecule has 4 atom stereocenters. The molecule has 0 aromatic rings. The second-order valence-electron chi connectivity index (χ2n) is 10.6. The second kappa shape index (κ2) is 8.75. The van der Waals surface area contributed by atoms with Crippen molar-refractivity contribution in [1.82, 2.24) is 14.7 Å². The Balaban J connectivity index is 1.32. The van der Waals surface area contributed by atoms with Crippen LogP contribution in [0.15, 0.2) is 21.1 Å². The maximum atomic E-state index is 8.65. The first-order chi connectivity index (χ1) is 16.0. The van der Waals surface area contributed by atoms with Gasteiger partial charge in [-0.05, 0) is 23.8 Å². The number of nitrogens with zero attached hydrogens (tertiary/aromatic N) is 5. The van der Waals surface area contributed by atoms with Crippen molar-refractivity contribution < 1.29 is 9.47 Å². The first-order valence-corrected chi connectivity index (χ1v) is 13.4. The number of hydrogen-bond donors (Lipinski definition) is 1. The number of thioether (sulfide) groups is 1. The molecule has 3 saturated heterocycles. The van der Waals surface area contributed by atoms with Gasteiger partial charge in [-0.15, -0.1) is 0 Å². The minimum atomic E-state index is 0.0667. The smallest absolute Gasteiger partial charge is 0.137 e. The van der Waals surface area contributed by atoms with Gasteiger partial charge in [-0.2, -0.15) is 0 Å². The van der Waals surface area contributed by atoms with E-state index in [1.807, 2.05) is 18.1 Å². The van der Waals surface area contributed by atoms with E-state index in [9.17, 15) is 0 Å². The van der Waals surface area contributed by atoms with Gasteiger partial charge in [0, 0.05) is 39.3 Å². The summed E-state index contributed by atoms with van der Waals surface area (Å²) in [7, 11) is 0. The van der Waals surface area contributed by atoms with Gasteiger partial charge < -0.3 is 14.4 Å². The molecule has 0 aromatic carbocycles. The molecule has 9 heteroatoms. The topological polar surface area (TPSA) is 76.8 Å². The number of morpholine rings is 2. The molecule has 1 aliphatic carbocycles. The van der Waals surface area contributed by atoms with E-state index < -0.39 is 0 Å². The van der Waals surface area contributed by atoms with E-state index in [2.05, 4.69) is 33.5 Å². The van der Waals surface area contributed by atoms with Crippen LogP contribution >= 0.6 is 11.8 Å². The Hall–Kier alpha value is -1.26. The lowest BCUT2D eigenvalue weighted by Crippen LogP contribution is -2.54. The zero-order valence-corrected chi connectivity index (χ0v) is 20.6. The van der Waals surface area contributed by atoms with Crippen LogP contribution < -0.4 is 0 Å². The Morgan fingerprint density at radius 2 is 1.82 bits per heavy atom. The van der Waals surface area contributed by atoms with E-state index in [-0.39, 0.29) is 22.9 Å². The zero-order valence-electron chi connectivity index (χ0n) is 19.8. The van der Waals surface area contributed by atoms with E-state index in [1.165, 1.54) is 11.5 Å². The van der Waals surface area contributed by atoms with Crippen molar-refractivity contribution in [2.75, 3.05) is 65.7 Å². The normalized spacial score (nSPS) is 36.6. The van der Waals surface area contributed by atoms with Gasteiger partial charge in [0.1, 0.15) is 12.0 Å². The third kappa shape index (κ3) is 3.89. The molecule has 0 aromatic heterocycles. The van der Waals surface area contributed by atoms with Gasteiger partial charge in [-0.3, -0.25) is 20.2 Å². The molecule has 6 rings (SSSR count). The highest BCUT2D eigenvalue weighted by atomic mass is 32.2. The lowest BCUT2D eigenvalue weighted by atomic mass is 9.73.